The second-order valence-electron chi connectivity index (χ2n) is 5.61. The van der Waals surface area contributed by atoms with Gasteiger partial charge < -0.3 is 5.32 Å². The van der Waals surface area contributed by atoms with Crippen molar-refractivity contribution in [2.75, 3.05) is 7.05 Å². The smallest absolute Gasteiger partial charge is 0.0540 e. The highest BCUT2D eigenvalue weighted by Crippen LogP contribution is 2.37. The summed E-state index contributed by atoms with van der Waals surface area (Å²) in [5.74, 6) is 1.65. The first-order valence-corrected chi connectivity index (χ1v) is 6.79. The number of hydrogen-bond acceptors (Lipinski definition) is 2. The lowest BCUT2D eigenvalue weighted by atomic mass is 9.77. The second-order valence-corrected chi connectivity index (χ2v) is 5.61. The second kappa shape index (κ2) is 5.21. The molecule has 1 fully saturated rings. The van der Waals surface area contributed by atoms with Crippen LogP contribution in [0, 0.1) is 18.8 Å². The molecule has 3 unspecified atom stereocenters. The van der Waals surface area contributed by atoms with Crippen LogP contribution in [-0.2, 0) is 7.05 Å². The van der Waals surface area contributed by atoms with E-state index >= 15 is 0 Å². The van der Waals surface area contributed by atoms with Crippen molar-refractivity contribution in [3.05, 3.63) is 17.5 Å². The summed E-state index contributed by atoms with van der Waals surface area (Å²) in [6, 6.07) is 0.478. The number of aryl methyl sites for hydroxylation is 1. The van der Waals surface area contributed by atoms with Crippen molar-refractivity contribution in [2.45, 2.75) is 45.6 Å². The third kappa shape index (κ3) is 2.54. The quantitative estimate of drug-likeness (QED) is 0.873. The average molecular weight is 235 g/mol. The van der Waals surface area contributed by atoms with Gasteiger partial charge in [-0.15, -0.1) is 0 Å². The Kier molecular flexibility index (Phi) is 3.87. The summed E-state index contributed by atoms with van der Waals surface area (Å²) in [4.78, 5) is 0. The van der Waals surface area contributed by atoms with Crippen molar-refractivity contribution in [1.29, 1.82) is 0 Å². The minimum atomic E-state index is 0.478. The van der Waals surface area contributed by atoms with Crippen molar-refractivity contribution in [3.8, 4) is 0 Å². The van der Waals surface area contributed by atoms with E-state index in [0.717, 1.165) is 11.8 Å². The van der Waals surface area contributed by atoms with E-state index in [2.05, 4.69) is 31.3 Å². The molecule has 1 heterocycles. The van der Waals surface area contributed by atoms with E-state index in [1.54, 1.807) is 0 Å². The molecule has 1 aromatic rings. The van der Waals surface area contributed by atoms with E-state index < -0.39 is 0 Å². The molecule has 17 heavy (non-hydrogen) atoms. The van der Waals surface area contributed by atoms with Gasteiger partial charge in [-0.25, -0.2) is 0 Å². The minimum Gasteiger partial charge on any atom is -0.313 e. The molecule has 1 aliphatic rings. The maximum Gasteiger partial charge on any atom is 0.0540 e. The average Bonchev–Trinajstić information content (AvgIpc) is 2.63. The Morgan fingerprint density at radius 1 is 1.47 bits per heavy atom. The van der Waals surface area contributed by atoms with Gasteiger partial charge >= 0.3 is 0 Å². The van der Waals surface area contributed by atoms with Gasteiger partial charge in [-0.2, -0.15) is 5.10 Å². The summed E-state index contributed by atoms with van der Waals surface area (Å²) in [6.07, 6.45) is 7.52. The Morgan fingerprint density at radius 2 is 2.24 bits per heavy atom. The molecule has 0 aromatic carbocycles. The molecule has 0 amide bonds. The van der Waals surface area contributed by atoms with Crippen LogP contribution in [0.1, 0.15) is 49.9 Å². The highest BCUT2D eigenvalue weighted by Gasteiger charge is 2.28. The molecule has 0 saturated heterocycles. The van der Waals surface area contributed by atoms with Crippen LogP contribution in [0.3, 0.4) is 0 Å². The van der Waals surface area contributed by atoms with Gasteiger partial charge in [0.1, 0.15) is 0 Å². The first kappa shape index (κ1) is 12.6. The Balaban J connectivity index is 2.18. The normalized spacial score (nSPS) is 27.1. The lowest BCUT2D eigenvalue weighted by Gasteiger charge is -2.33. The van der Waals surface area contributed by atoms with E-state index in [0.29, 0.717) is 6.04 Å². The van der Waals surface area contributed by atoms with Gasteiger partial charge in [-0.1, -0.05) is 19.8 Å². The fourth-order valence-corrected chi connectivity index (χ4v) is 3.25. The van der Waals surface area contributed by atoms with Gasteiger partial charge in [-0.05, 0) is 38.6 Å². The van der Waals surface area contributed by atoms with Gasteiger partial charge in [0.15, 0.2) is 0 Å². The van der Waals surface area contributed by atoms with Gasteiger partial charge in [0.2, 0.25) is 0 Å². The predicted molar refractivity (Wildman–Crippen MR) is 70.9 cm³/mol. The van der Waals surface area contributed by atoms with Crippen molar-refractivity contribution in [2.24, 2.45) is 18.9 Å². The zero-order valence-electron chi connectivity index (χ0n) is 11.5. The van der Waals surface area contributed by atoms with Crippen LogP contribution in [0.4, 0.5) is 0 Å². The van der Waals surface area contributed by atoms with Gasteiger partial charge in [-0.3, -0.25) is 4.68 Å². The van der Waals surface area contributed by atoms with E-state index in [1.807, 2.05) is 17.9 Å². The number of nitrogens with one attached hydrogen (secondary N) is 1. The van der Waals surface area contributed by atoms with Crippen molar-refractivity contribution in [3.63, 3.8) is 0 Å². The van der Waals surface area contributed by atoms with Crippen LogP contribution in [-0.4, -0.2) is 16.8 Å². The molecule has 1 aromatic heterocycles. The summed E-state index contributed by atoms with van der Waals surface area (Å²) in [6.45, 7) is 4.55. The fourth-order valence-electron chi connectivity index (χ4n) is 3.25. The summed E-state index contributed by atoms with van der Waals surface area (Å²) < 4.78 is 1.98. The molecule has 0 bridgehead atoms. The molecule has 3 atom stereocenters. The van der Waals surface area contributed by atoms with Crippen molar-refractivity contribution in [1.82, 2.24) is 15.1 Å². The SMILES string of the molecule is CNC(c1cnn(C)c1C)C1CCCC(C)C1. The monoisotopic (exact) mass is 235 g/mol. The molecule has 0 aliphatic heterocycles. The zero-order valence-corrected chi connectivity index (χ0v) is 11.5. The van der Waals surface area contributed by atoms with Crippen LogP contribution < -0.4 is 5.32 Å². The Bertz CT molecular complexity index is 370. The Hall–Kier alpha value is -0.830. The number of rotatable bonds is 3. The van der Waals surface area contributed by atoms with Crippen LogP contribution >= 0.6 is 0 Å². The van der Waals surface area contributed by atoms with Gasteiger partial charge in [0.25, 0.3) is 0 Å². The number of hydrogen-bond donors (Lipinski definition) is 1. The zero-order chi connectivity index (χ0) is 12.4. The van der Waals surface area contributed by atoms with Crippen LogP contribution in [0.5, 0.6) is 0 Å². The molecule has 96 valence electrons. The highest BCUT2D eigenvalue weighted by atomic mass is 15.3. The molecule has 1 N–H and O–H groups in total. The number of nitrogens with zero attached hydrogens (tertiary/aromatic N) is 2. The van der Waals surface area contributed by atoms with E-state index in [4.69, 9.17) is 0 Å². The van der Waals surface area contributed by atoms with Crippen LogP contribution in [0.25, 0.3) is 0 Å². The van der Waals surface area contributed by atoms with Crippen molar-refractivity contribution >= 4 is 0 Å². The Morgan fingerprint density at radius 3 is 2.76 bits per heavy atom. The van der Waals surface area contributed by atoms with Crippen molar-refractivity contribution < 1.29 is 0 Å². The molecular weight excluding hydrogens is 210 g/mol. The summed E-state index contributed by atoms with van der Waals surface area (Å²) >= 11 is 0. The third-order valence-electron chi connectivity index (χ3n) is 4.37. The number of aromatic nitrogens is 2. The largest absolute Gasteiger partial charge is 0.313 e. The molecule has 0 radical (unpaired) electrons. The lowest BCUT2D eigenvalue weighted by molar-refractivity contribution is 0.229. The van der Waals surface area contributed by atoms with Gasteiger partial charge in [0, 0.05) is 24.3 Å². The predicted octanol–water partition coefficient (Wildman–Crippen LogP) is 2.82. The topological polar surface area (TPSA) is 29.9 Å². The van der Waals surface area contributed by atoms with Crippen LogP contribution in [0.2, 0.25) is 0 Å². The Labute approximate surface area is 105 Å². The lowest BCUT2D eigenvalue weighted by Crippen LogP contribution is -2.29. The minimum absolute atomic E-state index is 0.478. The molecular formula is C14H25N3. The standard InChI is InChI=1S/C14H25N3/c1-10-6-5-7-12(8-10)14(15-3)13-9-16-17(4)11(13)2/h9-10,12,14-15H,5-8H2,1-4H3. The molecule has 2 rings (SSSR count). The maximum absolute atomic E-state index is 4.38. The molecule has 3 nitrogen and oxygen atoms in total. The highest BCUT2D eigenvalue weighted by molar-refractivity contribution is 5.21. The van der Waals surface area contributed by atoms with E-state index in [9.17, 15) is 0 Å². The van der Waals surface area contributed by atoms with E-state index in [-0.39, 0.29) is 0 Å². The first-order chi connectivity index (χ1) is 8.13. The fraction of sp³-hybridized carbons (Fsp3) is 0.786. The van der Waals surface area contributed by atoms with E-state index in [1.165, 1.54) is 36.9 Å². The van der Waals surface area contributed by atoms with Gasteiger partial charge in [0.05, 0.1) is 6.20 Å². The van der Waals surface area contributed by atoms with Crippen LogP contribution in [0.15, 0.2) is 6.20 Å². The first-order valence-electron chi connectivity index (χ1n) is 6.79. The summed E-state index contributed by atoms with van der Waals surface area (Å²) in [5, 5.41) is 7.88. The third-order valence-corrected chi connectivity index (χ3v) is 4.37. The molecule has 0 spiro atoms. The summed E-state index contributed by atoms with van der Waals surface area (Å²) in [5.41, 5.74) is 2.68. The summed E-state index contributed by atoms with van der Waals surface area (Å²) in [7, 11) is 4.10. The maximum atomic E-state index is 4.38. The molecule has 3 heteroatoms. The molecule has 1 saturated carbocycles. The molecule has 1 aliphatic carbocycles.